The molecule has 2 amide bonds. The van der Waals surface area contributed by atoms with Crippen molar-refractivity contribution in [3.8, 4) is 5.75 Å². The lowest BCUT2D eigenvalue weighted by atomic mass is 9.98. The second-order valence-corrected chi connectivity index (χ2v) is 8.06. The monoisotopic (exact) mass is 419 g/mol. The van der Waals surface area contributed by atoms with Crippen molar-refractivity contribution in [1.82, 2.24) is 10.1 Å². The van der Waals surface area contributed by atoms with Gasteiger partial charge in [0.15, 0.2) is 0 Å². The summed E-state index contributed by atoms with van der Waals surface area (Å²) in [7, 11) is 0. The minimum absolute atomic E-state index is 0.0462. The van der Waals surface area contributed by atoms with E-state index >= 15 is 0 Å². The molecule has 1 saturated heterocycles. The van der Waals surface area contributed by atoms with E-state index in [1.165, 1.54) is 6.20 Å². The number of aryl methyl sites for hydroxylation is 2. The molecule has 7 nitrogen and oxygen atoms in total. The maximum absolute atomic E-state index is 13.1. The molecule has 1 fully saturated rings. The molecule has 31 heavy (non-hydrogen) atoms. The molecule has 0 radical (unpaired) electrons. The number of carbonyl (C=O) groups is 2. The van der Waals surface area contributed by atoms with E-state index in [0.29, 0.717) is 41.6 Å². The van der Waals surface area contributed by atoms with Gasteiger partial charge in [-0.1, -0.05) is 23.4 Å². The highest BCUT2D eigenvalue weighted by molar-refractivity contribution is 6.06. The predicted octanol–water partition coefficient (Wildman–Crippen LogP) is 3.95. The zero-order valence-electron chi connectivity index (χ0n) is 17.6. The number of hydrogen-bond acceptors (Lipinski definition) is 5. The molecule has 1 aromatic heterocycles. The number of anilines is 1. The van der Waals surface area contributed by atoms with Gasteiger partial charge in [-0.2, -0.15) is 0 Å². The fraction of sp³-hybridized carbons (Fsp3) is 0.292. The number of nitrogens with zero attached hydrogens (tertiary/aromatic N) is 2. The second-order valence-electron chi connectivity index (χ2n) is 8.06. The SMILES string of the molecule is Cc1ccc(C(=O)N2CCC(Cc3cccc(O)c3)C2)cc1NC(=O)c1cnoc1C. The van der Waals surface area contributed by atoms with Crippen molar-refractivity contribution in [2.75, 3.05) is 18.4 Å². The zero-order chi connectivity index (χ0) is 22.0. The van der Waals surface area contributed by atoms with E-state index in [2.05, 4.69) is 10.5 Å². The summed E-state index contributed by atoms with van der Waals surface area (Å²) in [6, 6.07) is 12.6. The Morgan fingerprint density at radius 3 is 2.81 bits per heavy atom. The van der Waals surface area contributed by atoms with Crippen molar-refractivity contribution in [2.45, 2.75) is 26.7 Å². The van der Waals surface area contributed by atoms with Gasteiger partial charge in [-0.05, 0) is 68.0 Å². The molecule has 0 aliphatic carbocycles. The minimum Gasteiger partial charge on any atom is -0.508 e. The molecule has 0 spiro atoms. The first-order valence-electron chi connectivity index (χ1n) is 10.3. The van der Waals surface area contributed by atoms with E-state index < -0.39 is 0 Å². The van der Waals surface area contributed by atoms with Crippen LogP contribution in [0.25, 0.3) is 0 Å². The van der Waals surface area contributed by atoms with Crippen LogP contribution in [0.5, 0.6) is 5.75 Å². The second kappa shape index (κ2) is 8.63. The number of amides is 2. The Morgan fingerprint density at radius 2 is 2.06 bits per heavy atom. The first-order chi connectivity index (χ1) is 14.9. The molecule has 7 heteroatoms. The molecule has 2 N–H and O–H groups in total. The van der Waals surface area contributed by atoms with Crippen molar-refractivity contribution in [2.24, 2.45) is 5.92 Å². The maximum Gasteiger partial charge on any atom is 0.260 e. The number of rotatable bonds is 5. The molecule has 0 saturated carbocycles. The minimum atomic E-state index is -0.321. The summed E-state index contributed by atoms with van der Waals surface area (Å²) >= 11 is 0. The third-order valence-electron chi connectivity index (χ3n) is 5.74. The lowest BCUT2D eigenvalue weighted by molar-refractivity contribution is 0.0786. The lowest BCUT2D eigenvalue weighted by Gasteiger charge is -2.18. The number of hydrogen-bond donors (Lipinski definition) is 2. The van der Waals surface area contributed by atoms with Crippen molar-refractivity contribution < 1.29 is 19.2 Å². The van der Waals surface area contributed by atoms with E-state index in [-0.39, 0.29) is 17.6 Å². The lowest BCUT2D eigenvalue weighted by Crippen LogP contribution is -2.29. The summed E-state index contributed by atoms with van der Waals surface area (Å²) in [6.07, 6.45) is 3.13. The molecule has 1 unspecified atom stereocenters. The molecule has 2 aromatic carbocycles. The standard InChI is InChI=1S/C24H25N3O4/c1-15-6-7-19(12-22(15)26-23(29)21-13-25-31-16(21)2)24(30)27-9-8-18(14-27)10-17-4-3-5-20(28)11-17/h3-7,11-13,18,28H,8-10,14H2,1-2H3,(H,26,29). The van der Waals surface area contributed by atoms with Crippen LogP contribution in [0.4, 0.5) is 5.69 Å². The molecular weight excluding hydrogens is 394 g/mol. The first kappa shape index (κ1) is 20.7. The molecule has 4 rings (SSSR count). The van der Waals surface area contributed by atoms with E-state index in [1.54, 1.807) is 31.2 Å². The van der Waals surface area contributed by atoms with Crippen LogP contribution in [-0.2, 0) is 6.42 Å². The van der Waals surface area contributed by atoms with Gasteiger partial charge in [-0.15, -0.1) is 0 Å². The van der Waals surface area contributed by atoms with Crippen LogP contribution in [0, 0.1) is 19.8 Å². The number of phenols is 1. The van der Waals surface area contributed by atoms with Crippen LogP contribution in [0.2, 0.25) is 0 Å². The van der Waals surface area contributed by atoms with Crippen LogP contribution < -0.4 is 5.32 Å². The zero-order valence-corrected chi connectivity index (χ0v) is 17.6. The molecule has 1 aliphatic heterocycles. The number of aromatic nitrogens is 1. The van der Waals surface area contributed by atoms with Crippen molar-refractivity contribution in [3.63, 3.8) is 0 Å². The summed E-state index contributed by atoms with van der Waals surface area (Å²) < 4.78 is 4.96. The predicted molar refractivity (Wildman–Crippen MR) is 116 cm³/mol. The van der Waals surface area contributed by atoms with E-state index in [0.717, 1.165) is 24.0 Å². The van der Waals surface area contributed by atoms with Gasteiger partial charge in [-0.25, -0.2) is 0 Å². The van der Waals surface area contributed by atoms with Gasteiger partial charge in [0.05, 0.1) is 6.20 Å². The highest BCUT2D eigenvalue weighted by atomic mass is 16.5. The Bertz CT molecular complexity index is 1120. The molecule has 2 heterocycles. The Morgan fingerprint density at radius 1 is 1.23 bits per heavy atom. The molecule has 0 bridgehead atoms. The van der Waals surface area contributed by atoms with E-state index in [9.17, 15) is 14.7 Å². The summed E-state index contributed by atoms with van der Waals surface area (Å²) in [6.45, 7) is 4.92. The summed E-state index contributed by atoms with van der Waals surface area (Å²) in [5, 5.41) is 16.1. The first-order valence-corrected chi connectivity index (χ1v) is 10.3. The number of aromatic hydroxyl groups is 1. The van der Waals surface area contributed by atoms with Crippen LogP contribution in [0.3, 0.4) is 0 Å². The van der Waals surface area contributed by atoms with Gasteiger partial charge in [0.1, 0.15) is 17.1 Å². The van der Waals surface area contributed by atoms with E-state index in [1.807, 2.05) is 30.0 Å². The number of nitrogens with one attached hydrogen (secondary N) is 1. The summed E-state index contributed by atoms with van der Waals surface area (Å²) in [5.41, 5.74) is 3.43. The number of carbonyl (C=O) groups excluding carboxylic acids is 2. The molecule has 1 atom stereocenters. The Kier molecular flexibility index (Phi) is 5.75. The van der Waals surface area contributed by atoms with Crippen LogP contribution in [-0.4, -0.2) is 40.1 Å². The Balaban J connectivity index is 1.43. The summed E-state index contributed by atoms with van der Waals surface area (Å²) in [4.78, 5) is 27.4. The van der Waals surface area contributed by atoms with Gasteiger partial charge in [-0.3, -0.25) is 9.59 Å². The highest BCUT2D eigenvalue weighted by Gasteiger charge is 2.27. The quantitative estimate of drug-likeness (QED) is 0.653. The molecular formula is C24H25N3O4. The number of phenolic OH excluding ortho intramolecular Hbond substituents is 1. The normalized spacial score (nSPS) is 15.8. The van der Waals surface area contributed by atoms with Crippen molar-refractivity contribution >= 4 is 17.5 Å². The maximum atomic E-state index is 13.1. The van der Waals surface area contributed by atoms with Gasteiger partial charge < -0.3 is 19.8 Å². The fourth-order valence-corrected chi connectivity index (χ4v) is 3.98. The van der Waals surface area contributed by atoms with Crippen molar-refractivity contribution in [3.05, 3.63) is 76.7 Å². The molecule has 3 aromatic rings. The number of benzene rings is 2. The third-order valence-corrected chi connectivity index (χ3v) is 5.74. The highest BCUT2D eigenvalue weighted by Crippen LogP contribution is 2.25. The molecule has 1 aliphatic rings. The fourth-order valence-electron chi connectivity index (χ4n) is 3.98. The largest absolute Gasteiger partial charge is 0.508 e. The average molecular weight is 419 g/mol. The van der Waals surface area contributed by atoms with Gasteiger partial charge >= 0.3 is 0 Å². The Labute approximate surface area is 180 Å². The van der Waals surface area contributed by atoms with Crippen LogP contribution in [0.15, 0.2) is 53.2 Å². The third kappa shape index (κ3) is 4.60. The topological polar surface area (TPSA) is 95.7 Å². The smallest absolute Gasteiger partial charge is 0.260 e. The van der Waals surface area contributed by atoms with Gasteiger partial charge in [0, 0.05) is 24.3 Å². The average Bonchev–Trinajstić information content (AvgIpc) is 3.38. The molecule has 160 valence electrons. The van der Waals surface area contributed by atoms with Crippen molar-refractivity contribution in [1.29, 1.82) is 0 Å². The van der Waals surface area contributed by atoms with Crippen LogP contribution >= 0.6 is 0 Å². The van der Waals surface area contributed by atoms with Crippen LogP contribution in [0.1, 0.15) is 44.0 Å². The number of likely N-dealkylation sites (tertiary alicyclic amines) is 1. The van der Waals surface area contributed by atoms with E-state index in [4.69, 9.17) is 4.52 Å². The Hall–Kier alpha value is -3.61. The van der Waals surface area contributed by atoms with Gasteiger partial charge in [0.25, 0.3) is 11.8 Å². The van der Waals surface area contributed by atoms with Gasteiger partial charge in [0.2, 0.25) is 0 Å². The summed E-state index contributed by atoms with van der Waals surface area (Å²) in [5.74, 6) is 0.692.